The number of hydrogen-bond donors (Lipinski definition) is 0. The Hall–Kier alpha value is -1.23. The molecule has 130 valence electrons. The maximum absolute atomic E-state index is 12.6. The Bertz CT molecular complexity index is 681. The predicted molar refractivity (Wildman–Crippen MR) is 95.5 cm³/mol. The fourth-order valence-corrected chi connectivity index (χ4v) is 3.55. The van der Waals surface area contributed by atoms with Gasteiger partial charge in [0.25, 0.3) is 0 Å². The molecule has 1 saturated heterocycles. The first-order chi connectivity index (χ1) is 11.2. The molecule has 2 aliphatic heterocycles. The highest BCUT2D eigenvalue weighted by Crippen LogP contribution is 2.37. The molecule has 1 aromatic carbocycles. The number of benzene rings is 1. The van der Waals surface area contributed by atoms with E-state index in [2.05, 4.69) is 0 Å². The van der Waals surface area contributed by atoms with Gasteiger partial charge in [-0.15, -0.1) is 0 Å². The van der Waals surface area contributed by atoms with E-state index in [-0.39, 0.29) is 18.2 Å². The van der Waals surface area contributed by atoms with Crippen molar-refractivity contribution in [2.75, 3.05) is 13.2 Å². The summed E-state index contributed by atoms with van der Waals surface area (Å²) in [6.45, 7) is 6.55. The summed E-state index contributed by atoms with van der Waals surface area (Å²) in [4.78, 5) is 14.4. The molecule has 4 nitrogen and oxygen atoms in total. The molecule has 2 unspecified atom stereocenters. The number of rotatable bonds is 1. The number of ether oxygens (including phenoxy) is 2. The topological polar surface area (TPSA) is 38.8 Å². The van der Waals surface area contributed by atoms with Gasteiger partial charge < -0.3 is 9.47 Å². The highest BCUT2D eigenvalue weighted by molar-refractivity contribution is 6.34. The monoisotopic (exact) mass is 369 g/mol. The van der Waals surface area contributed by atoms with Gasteiger partial charge in [-0.25, -0.2) is 4.79 Å². The van der Waals surface area contributed by atoms with Gasteiger partial charge in [0.2, 0.25) is 0 Å². The van der Waals surface area contributed by atoms with Crippen molar-refractivity contribution < 1.29 is 14.3 Å². The SMILES string of the molecule is CC(C)(C)OC(=O)N1C2C=C(c3cc(Cl)ccc3Cl)CC1COC2. The van der Waals surface area contributed by atoms with Crippen molar-refractivity contribution in [1.82, 2.24) is 4.90 Å². The molecular formula is C18H21Cl2NO3. The van der Waals surface area contributed by atoms with E-state index in [1.807, 2.05) is 32.9 Å². The van der Waals surface area contributed by atoms with Crippen LogP contribution in [0.15, 0.2) is 24.3 Å². The second-order valence-electron chi connectivity index (χ2n) is 7.17. The lowest BCUT2D eigenvalue weighted by Crippen LogP contribution is -2.57. The third-order valence-corrected chi connectivity index (χ3v) is 4.64. The van der Waals surface area contributed by atoms with Crippen LogP contribution in [0.4, 0.5) is 4.79 Å². The van der Waals surface area contributed by atoms with Gasteiger partial charge in [0.05, 0.1) is 25.3 Å². The molecule has 1 amide bonds. The van der Waals surface area contributed by atoms with Crippen molar-refractivity contribution in [2.45, 2.75) is 44.9 Å². The molecule has 1 fully saturated rings. The molecule has 0 radical (unpaired) electrons. The predicted octanol–water partition coefficient (Wildman–Crippen LogP) is 4.79. The van der Waals surface area contributed by atoms with Crippen LogP contribution < -0.4 is 0 Å². The summed E-state index contributed by atoms with van der Waals surface area (Å²) < 4.78 is 11.2. The molecule has 2 bridgehead atoms. The van der Waals surface area contributed by atoms with Gasteiger partial charge in [-0.3, -0.25) is 4.90 Å². The lowest BCUT2D eigenvalue weighted by atomic mass is 9.90. The zero-order valence-electron chi connectivity index (χ0n) is 14.0. The molecule has 0 N–H and O–H groups in total. The zero-order chi connectivity index (χ0) is 17.5. The van der Waals surface area contributed by atoms with Gasteiger partial charge >= 0.3 is 6.09 Å². The minimum Gasteiger partial charge on any atom is -0.444 e. The van der Waals surface area contributed by atoms with Crippen LogP contribution >= 0.6 is 23.2 Å². The van der Waals surface area contributed by atoms with E-state index >= 15 is 0 Å². The molecule has 0 spiro atoms. The summed E-state index contributed by atoms with van der Waals surface area (Å²) >= 11 is 12.4. The van der Waals surface area contributed by atoms with Crippen LogP contribution in [0.5, 0.6) is 0 Å². The number of carbonyl (C=O) groups is 1. The molecular weight excluding hydrogens is 349 g/mol. The number of carbonyl (C=O) groups excluding carboxylic acids is 1. The summed E-state index contributed by atoms with van der Waals surface area (Å²) in [6.07, 6.45) is 2.40. The average molecular weight is 370 g/mol. The average Bonchev–Trinajstić information content (AvgIpc) is 2.46. The molecule has 0 aliphatic carbocycles. The normalized spacial score (nSPS) is 23.7. The molecule has 0 aromatic heterocycles. The third-order valence-electron chi connectivity index (χ3n) is 4.08. The van der Waals surface area contributed by atoms with E-state index in [9.17, 15) is 4.79 Å². The lowest BCUT2D eigenvalue weighted by Gasteiger charge is -2.44. The first-order valence-corrected chi connectivity index (χ1v) is 8.75. The summed E-state index contributed by atoms with van der Waals surface area (Å²) in [5, 5.41) is 1.31. The van der Waals surface area contributed by atoms with Crippen LogP contribution in [0, 0.1) is 0 Å². The molecule has 2 atom stereocenters. The molecule has 1 aromatic rings. The molecule has 2 heterocycles. The van der Waals surface area contributed by atoms with E-state index in [4.69, 9.17) is 32.7 Å². The highest BCUT2D eigenvalue weighted by atomic mass is 35.5. The van der Waals surface area contributed by atoms with Crippen LogP contribution in [0.3, 0.4) is 0 Å². The van der Waals surface area contributed by atoms with Crippen molar-refractivity contribution in [3.8, 4) is 0 Å². The standard InChI is InChI=1S/C18H21Cl2NO3/c1-18(2,3)24-17(22)21-13-6-11(7-14(21)10-23-9-13)15-8-12(19)4-5-16(15)20/h4-6,8,13-14H,7,9-10H2,1-3H3. The van der Waals surface area contributed by atoms with Crippen LogP contribution in [0.1, 0.15) is 32.8 Å². The maximum Gasteiger partial charge on any atom is 0.411 e. The van der Waals surface area contributed by atoms with Crippen molar-refractivity contribution in [2.24, 2.45) is 0 Å². The number of nitrogens with zero attached hydrogens (tertiary/aromatic N) is 1. The highest BCUT2D eigenvalue weighted by Gasteiger charge is 2.40. The summed E-state index contributed by atoms with van der Waals surface area (Å²) in [7, 11) is 0. The number of fused-ring (bicyclic) bond motifs is 2. The third kappa shape index (κ3) is 3.71. The van der Waals surface area contributed by atoms with Crippen molar-refractivity contribution in [3.05, 3.63) is 39.9 Å². The van der Waals surface area contributed by atoms with Crippen molar-refractivity contribution >= 4 is 34.9 Å². The van der Waals surface area contributed by atoms with Gasteiger partial charge in [0, 0.05) is 10.0 Å². The van der Waals surface area contributed by atoms with E-state index in [0.29, 0.717) is 29.7 Å². The van der Waals surface area contributed by atoms with Crippen LogP contribution in [-0.4, -0.2) is 41.9 Å². The smallest absolute Gasteiger partial charge is 0.411 e. The fraction of sp³-hybridized carbons (Fsp3) is 0.500. The second-order valence-corrected chi connectivity index (χ2v) is 8.01. The van der Waals surface area contributed by atoms with Crippen molar-refractivity contribution in [1.29, 1.82) is 0 Å². The molecule has 0 saturated carbocycles. The van der Waals surface area contributed by atoms with E-state index in [0.717, 1.165) is 11.1 Å². The Morgan fingerprint density at radius 2 is 2.04 bits per heavy atom. The Kier molecular flexibility index (Phi) is 4.82. The van der Waals surface area contributed by atoms with Crippen molar-refractivity contribution in [3.63, 3.8) is 0 Å². The minimum absolute atomic E-state index is 0.0614. The van der Waals surface area contributed by atoms with Crippen LogP contribution in [0.25, 0.3) is 5.57 Å². The number of amides is 1. The Balaban J connectivity index is 1.90. The zero-order valence-corrected chi connectivity index (χ0v) is 15.5. The first kappa shape index (κ1) is 17.6. The number of halogens is 2. The first-order valence-electron chi connectivity index (χ1n) is 8.00. The largest absolute Gasteiger partial charge is 0.444 e. The van der Waals surface area contributed by atoms with Gasteiger partial charge in [0.15, 0.2) is 0 Å². The minimum atomic E-state index is -0.521. The van der Waals surface area contributed by atoms with E-state index in [1.54, 1.807) is 17.0 Å². The maximum atomic E-state index is 12.6. The summed E-state index contributed by atoms with van der Waals surface area (Å²) in [5.41, 5.74) is 1.50. The molecule has 3 rings (SSSR count). The summed E-state index contributed by atoms with van der Waals surface area (Å²) in [6, 6.07) is 5.22. The van der Waals surface area contributed by atoms with Gasteiger partial charge in [-0.1, -0.05) is 29.3 Å². The Morgan fingerprint density at radius 1 is 1.29 bits per heavy atom. The Labute approximate surface area is 152 Å². The lowest BCUT2D eigenvalue weighted by molar-refractivity contribution is -0.0510. The molecule has 2 aliphatic rings. The quantitative estimate of drug-likeness (QED) is 0.714. The summed E-state index contributed by atoms with van der Waals surface area (Å²) in [5.74, 6) is 0. The second kappa shape index (κ2) is 6.58. The number of hydrogen-bond acceptors (Lipinski definition) is 3. The molecule has 24 heavy (non-hydrogen) atoms. The van der Waals surface area contributed by atoms with E-state index in [1.165, 1.54) is 0 Å². The Morgan fingerprint density at radius 3 is 2.71 bits per heavy atom. The van der Waals surface area contributed by atoms with Gasteiger partial charge in [0.1, 0.15) is 5.60 Å². The van der Waals surface area contributed by atoms with Gasteiger partial charge in [-0.2, -0.15) is 0 Å². The molecule has 6 heteroatoms. The fourth-order valence-electron chi connectivity index (χ4n) is 3.14. The van der Waals surface area contributed by atoms with Gasteiger partial charge in [-0.05, 0) is 56.5 Å². The van der Waals surface area contributed by atoms with Crippen LogP contribution in [-0.2, 0) is 9.47 Å². The van der Waals surface area contributed by atoms with Crippen LogP contribution in [0.2, 0.25) is 10.0 Å². The van der Waals surface area contributed by atoms with E-state index < -0.39 is 5.60 Å². The number of morpholine rings is 1.